The van der Waals surface area contributed by atoms with Crippen molar-refractivity contribution in [3.8, 4) is 0 Å². The van der Waals surface area contributed by atoms with Crippen LogP contribution in [0.5, 0.6) is 0 Å². The van der Waals surface area contributed by atoms with Crippen molar-refractivity contribution in [3.63, 3.8) is 0 Å². The van der Waals surface area contributed by atoms with E-state index in [4.69, 9.17) is 9.31 Å². The Morgan fingerprint density at radius 3 is 2.15 bits per heavy atom. The Labute approximate surface area is 165 Å². The Morgan fingerprint density at radius 1 is 1.08 bits per heavy atom. The molecule has 2 bridgehead atoms. The molecule has 3 heteroatoms. The van der Waals surface area contributed by atoms with Gasteiger partial charge in [-0.05, 0) is 56.7 Å². The molecular formula is C23H45BO2. The van der Waals surface area contributed by atoms with Gasteiger partial charge in [0.15, 0.2) is 0 Å². The smallest absolute Gasteiger partial charge is 0.405 e. The van der Waals surface area contributed by atoms with Crippen LogP contribution in [0.15, 0.2) is 24.3 Å². The van der Waals surface area contributed by atoms with Crippen LogP contribution < -0.4 is 0 Å². The van der Waals surface area contributed by atoms with Gasteiger partial charge in [0.05, 0.1) is 11.7 Å². The third kappa shape index (κ3) is 5.04. The van der Waals surface area contributed by atoms with E-state index in [0.29, 0.717) is 17.4 Å². The zero-order valence-electron chi connectivity index (χ0n) is 19.3. The number of hydrogen-bond donors (Lipinski definition) is 0. The van der Waals surface area contributed by atoms with Crippen molar-refractivity contribution in [2.24, 2.45) is 17.3 Å². The van der Waals surface area contributed by atoms with Gasteiger partial charge < -0.3 is 9.31 Å². The molecule has 0 aromatic rings. The molecular weight excluding hydrogens is 319 g/mol. The van der Waals surface area contributed by atoms with Crippen molar-refractivity contribution in [1.29, 1.82) is 0 Å². The van der Waals surface area contributed by atoms with Crippen LogP contribution >= 0.6 is 0 Å². The Kier molecular flexibility index (Phi) is 11.1. The summed E-state index contributed by atoms with van der Waals surface area (Å²) in [6.45, 7) is 25.2. The number of allylic oxidation sites excluding steroid dienone is 3. The van der Waals surface area contributed by atoms with Crippen LogP contribution in [0.3, 0.4) is 0 Å². The van der Waals surface area contributed by atoms with E-state index in [9.17, 15) is 0 Å². The summed E-state index contributed by atoms with van der Waals surface area (Å²) in [5, 5.41) is 0. The van der Waals surface area contributed by atoms with Gasteiger partial charge in [0.25, 0.3) is 0 Å². The highest BCUT2D eigenvalue weighted by Crippen LogP contribution is 2.65. The van der Waals surface area contributed by atoms with Gasteiger partial charge in [-0.15, -0.1) is 0 Å². The predicted octanol–water partition coefficient (Wildman–Crippen LogP) is 7.32. The summed E-state index contributed by atoms with van der Waals surface area (Å²) in [6, 6.07) is 0. The maximum Gasteiger partial charge on any atom is 0.457 e. The molecule has 4 fully saturated rings. The third-order valence-electron chi connectivity index (χ3n) is 6.11. The monoisotopic (exact) mass is 364 g/mol. The van der Waals surface area contributed by atoms with Crippen molar-refractivity contribution in [1.82, 2.24) is 0 Å². The Bertz CT molecular complexity index is 443. The number of hydrogen-bond acceptors (Lipinski definition) is 2. The lowest BCUT2D eigenvalue weighted by atomic mass is 9.43. The fourth-order valence-corrected chi connectivity index (χ4v) is 4.70. The van der Waals surface area contributed by atoms with Gasteiger partial charge in [0, 0.05) is 0 Å². The lowest BCUT2D eigenvalue weighted by Gasteiger charge is -2.64. The second kappa shape index (κ2) is 11.3. The van der Waals surface area contributed by atoms with Crippen molar-refractivity contribution in [2.75, 3.05) is 0 Å². The Balaban J connectivity index is 0.000000948. The zero-order valence-corrected chi connectivity index (χ0v) is 19.3. The Hall–Kier alpha value is -0.535. The van der Waals surface area contributed by atoms with Crippen LogP contribution in [0.25, 0.3) is 0 Å². The molecule has 1 saturated heterocycles. The van der Waals surface area contributed by atoms with E-state index in [0.717, 1.165) is 24.2 Å². The summed E-state index contributed by atoms with van der Waals surface area (Å²) in [4.78, 5) is 0. The van der Waals surface area contributed by atoms with Gasteiger partial charge in [-0.1, -0.05) is 79.7 Å². The highest BCUT2D eigenvalue weighted by molar-refractivity contribution is 6.45. The van der Waals surface area contributed by atoms with Gasteiger partial charge in [-0.2, -0.15) is 0 Å². The van der Waals surface area contributed by atoms with E-state index in [1.165, 1.54) is 12.8 Å². The van der Waals surface area contributed by atoms with Crippen molar-refractivity contribution in [3.05, 3.63) is 24.3 Å². The van der Waals surface area contributed by atoms with E-state index < -0.39 is 0 Å². The number of rotatable bonds is 4. The van der Waals surface area contributed by atoms with Gasteiger partial charge in [-0.25, -0.2) is 0 Å². The molecule has 3 unspecified atom stereocenters. The molecule has 2 nitrogen and oxygen atoms in total. The van der Waals surface area contributed by atoms with Gasteiger partial charge in [0.1, 0.15) is 0 Å². The Morgan fingerprint density at radius 2 is 1.65 bits per heavy atom. The topological polar surface area (TPSA) is 18.5 Å². The van der Waals surface area contributed by atoms with Crippen LogP contribution in [0, 0.1) is 17.3 Å². The van der Waals surface area contributed by atoms with E-state index >= 15 is 0 Å². The largest absolute Gasteiger partial charge is 0.457 e. The minimum Gasteiger partial charge on any atom is -0.405 e. The molecule has 4 atom stereocenters. The van der Waals surface area contributed by atoms with E-state index in [2.05, 4.69) is 33.4 Å². The SMILES string of the molecule is C=C(/C=C\C)CCB1OC2C[C@@H]3CC(C2(C)O1)C3(C)C.CC.CC.CC. The maximum atomic E-state index is 6.38. The predicted molar refractivity (Wildman–Crippen MR) is 118 cm³/mol. The first-order chi connectivity index (χ1) is 12.4. The summed E-state index contributed by atoms with van der Waals surface area (Å²) in [5.74, 6) is 1.48. The van der Waals surface area contributed by atoms with E-state index in [1.807, 2.05) is 54.5 Å². The highest BCUT2D eigenvalue weighted by atomic mass is 16.7. The molecule has 152 valence electrons. The quantitative estimate of drug-likeness (QED) is 0.384. The summed E-state index contributed by atoms with van der Waals surface area (Å²) >= 11 is 0. The van der Waals surface area contributed by atoms with E-state index in [1.54, 1.807) is 0 Å². The third-order valence-corrected chi connectivity index (χ3v) is 6.11. The molecule has 0 N–H and O–H groups in total. The fraction of sp³-hybridized carbons (Fsp3) is 0.826. The molecule has 1 heterocycles. The standard InChI is InChI=1S/C17H27BO2.3C2H6/c1-6-7-12(2)8-9-18-19-15-11-13-10-14(16(13,3)4)17(15,5)20-18;3*1-2/h6-7,13-15H,2,8-11H2,1,3-5H3;3*1-2H3/b7-6-;;;/t13-,14?,15?,17?;;;/m0.../s1. The molecule has 0 amide bonds. The van der Waals surface area contributed by atoms with E-state index in [-0.39, 0.29) is 12.7 Å². The maximum absolute atomic E-state index is 6.38. The first-order valence-electron chi connectivity index (χ1n) is 11.0. The van der Waals surface area contributed by atoms with Crippen molar-refractivity contribution >= 4 is 7.12 Å². The zero-order chi connectivity index (χ0) is 20.5. The first-order valence-corrected chi connectivity index (χ1v) is 11.0. The minimum absolute atomic E-state index is 0.0397. The second-order valence-electron chi connectivity index (χ2n) is 7.60. The molecule has 0 radical (unpaired) electrons. The van der Waals surface area contributed by atoms with Crippen LogP contribution in [0.1, 0.15) is 88.5 Å². The highest BCUT2D eigenvalue weighted by Gasteiger charge is 2.67. The molecule has 3 aliphatic carbocycles. The molecule has 0 aromatic carbocycles. The van der Waals surface area contributed by atoms with Crippen LogP contribution in [-0.2, 0) is 9.31 Å². The van der Waals surface area contributed by atoms with Crippen LogP contribution in [-0.4, -0.2) is 18.8 Å². The van der Waals surface area contributed by atoms with Gasteiger partial charge in [0.2, 0.25) is 0 Å². The normalized spacial score (nSPS) is 32.7. The van der Waals surface area contributed by atoms with Crippen molar-refractivity contribution < 1.29 is 9.31 Å². The first kappa shape index (κ1) is 25.5. The molecule has 0 spiro atoms. The average Bonchev–Trinajstić information content (AvgIpc) is 3.01. The minimum atomic E-state index is -0.0646. The fourth-order valence-electron chi connectivity index (χ4n) is 4.70. The lowest BCUT2D eigenvalue weighted by Crippen LogP contribution is -2.65. The summed E-state index contributed by atoms with van der Waals surface area (Å²) in [7, 11) is -0.0397. The molecule has 1 aliphatic heterocycles. The van der Waals surface area contributed by atoms with Gasteiger partial charge >= 0.3 is 7.12 Å². The van der Waals surface area contributed by atoms with Crippen LogP contribution in [0.4, 0.5) is 0 Å². The second-order valence-corrected chi connectivity index (χ2v) is 7.60. The molecule has 4 aliphatic rings. The molecule has 26 heavy (non-hydrogen) atoms. The molecule has 3 saturated carbocycles. The summed E-state index contributed by atoms with van der Waals surface area (Å²) in [6.07, 6.45) is 8.79. The summed E-state index contributed by atoms with van der Waals surface area (Å²) in [5.41, 5.74) is 1.52. The lowest BCUT2D eigenvalue weighted by molar-refractivity contribution is -0.199. The molecule has 0 aromatic heterocycles. The van der Waals surface area contributed by atoms with Gasteiger partial charge in [-0.3, -0.25) is 0 Å². The average molecular weight is 364 g/mol. The van der Waals surface area contributed by atoms with Crippen molar-refractivity contribution in [2.45, 2.75) is 107 Å². The van der Waals surface area contributed by atoms with Crippen LogP contribution in [0.2, 0.25) is 6.32 Å². The molecule has 4 rings (SSSR count). The summed E-state index contributed by atoms with van der Waals surface area (Å²) < 4.78 is 12.6.